The average molecular weight is 532 g/mol. The van der Waals surface area contributed by atoms with Gasteiger partial charge in [-0.1, -0.05) is 49.9 Å². The van der Waals surface area contributed by atoms with Gasteiger partial charge in [0.2, 0.25) is 0 Å². The first-order valence-corrected chi connectivity index (χ1v) is 13.3. The van der Waals surface area contributed by atoms with Crippen molar-refractivity contribution in [2.45, 2.75) is 43.5 Å². The molecule has 5 rings (SSSR count). The number of benzene rings is 2. The summed E-state index contributed by atoms with van der Waals surface area (Å²) in [5.74, 6) is 0.484. The number of rotatable bonds is 6. The highest BCUT2D eigenvalue weighted by molar-refractivity contribution is 7.98. The van der Waals surface area contributed by atoms with Crippen LogP contribution in [0.5, 0.6) is 0 Å². The topological polar surface area (TPSA) is 121 Å². The van der Waals surface area contributed by atoms with Gasteiger partial charge in [0.05, 0.1) is 10.5 Å². The summed E-state index contributed by atoms with van der Waals surface area (Å²) in [6.45, 7) is 4.15. The molecule has 1 aliphatic carbocycles. The van der Waals surface area contributed by atoms with Crippen molar-refractivity contribution in [2.75, 3.05) is 24.3 Å². The van der Waals surface area contributed by atoms with Crippen LogP contribution in [0.25, 0.3) is 0 Å². The Morgan fingerprint density at radius 1 is 1.08 bits per heavy atom. The van der Waals surface area contributed by atoms with Gasteiger partial charge < -0.3 is 15.2 Å². The van der Waals surface area contributed by atoms with Gasteiger partial charge in [-0.2, -0.15) is 0 Å². The molecule has 9 nitrogen and oxygen atoms in total. The lowest BCUT2D eigenvalue weighted by molar-refractivity contribution is -0.384. The third kappa shape index (κ3) is 4.96. The highest BCUT2D eigenvalue weighted by Crippen LogP contribution is 2.47. The molecule has 0 unspecified atom stereocenters. The molecular weight excluding hydrogens is 502 g/mol. The number of Topliss-reactive ketones (excluding diaryl/α,β-unsaturated/α-hetero) is 1. The second-order valence-corrected chi connectivity index (χ2v) is 11.7. The summed E-state index contributed by atoms with van der Waals surface area (Å²) in [5, 5.41) is 14.7. The number of hydrogen-bond acceptors (Lipinski definition) is 8. The molecule has 0 bridgehead atoms. The fourth-order valence-electron chi connectivity index (χ4n) is 5.13. The summed E-state index contributed by atoms with van der Waals surface area (Å²) in [4.78, 5) is 47.1. The largest absolute Gasteiger partial charge is 0.378 e. The number of nitrogens with one attached hydrogen (secondary N) is 2. The molecule has 10 heteroatoms. The van der Waals surface area contributed by atoms with Crippen LogP contribution in [0.4, 0.5) is 17.2 Å². The van der Waals surface area contributed by atoms with Gasteiger partial charge in [0.25, 0.3) is 11.2 Å². The predicted octanol–water partition coefficient (Wildman–Crippen LogP) is 5.24. The molecule has 1 aliphatic heterocycles. The molecule has 38 heavy (non-hydrogen) atoms. The van der Waals surface area contributed by atoms with Crippen LogP contribution in [0.2, 0.25) is 0 Å². The number of anilines is 2. The molecular formula is C28H29N5O4S. The number of thioether (sulfide) groups is 1. The van der Waals surface area contributed by atoms with Crippen molar-refractivity contribution < 1.29 is 9.72 Å². The minimum Gasteiger partial charge on any atom is -0.378 e. The van der Waals surface area contributed by atoms with Crippen molar-refractivity contribution in [3.63, 3.8) is 0 Å². The number of nitro groups is 1. The van der Waals surface area contributed by atoms with Crippen molar-refractivity contribution in [2.24, 2.45) is 5.41 Å². The minimum absolute atomic E-state index is 0.0296. The van der Waals surface area contributed by atoms with E-state index in [4.69, 9.17) is 4.98 Å². The molecule has 0 saturated carbocycles. The number of carbonyl (C=O) groups excluding carboxylic acids is 1. The smallest absolute Gasteiger partial charge is 0.269 e. The van der Waals surface area contributed by atoms with E-state index < -0.39 is 10.8 Å². The van der Waals surface area contributed by atoms with Gasteiger partial charge in [-0.25, -0.2) is 4.98 Å². The number of aromatic amines is 1. The van der Waals surface area contributed by atoms with Crippen molar-refractivity contribution in [1.29, 1.82) is 0 Å². The number of non-ortho nitro benzene ring substituents is 1. The molecule has 0 saturated heterocycles. The first kappa shape index (κ1) is 25.7. The first-order chi connectivity index (χ1) is 18.0. The second kappa shape index (κ2) is 9.75. The summed E-state index contributed by atoms with van der Waals surface area (Å²) in [7, 11) is 3.93. The molecule has 0 radical (unpaired) electrons. The summed E-state index contributed by atoms with van der Waals surface area (Å²) >= 11 is 1.34. The van der Waals surface area contributed by atoms with E-state index in [-0.39, 0.29) is 22.4 Å². The third-order valence-corrected chi connectivity index (χ3v) is 7.91. The first-order valence-electron chi connectivity index (χ1n) is 12.3. The molecule has 3 aromatic rings. The number of hydrogen-bond donors (Lipinski definition) is 2. The number of nitro benzene ring substituents is 1. The molecule has 1 aromatic heterocycles. The lowest BCUT2D eigenvalue weighted by atomic mass is 9.69. The lowest BCUT2D eigenvalue weighted by Gasteiger charge is -2.38. The van der Waals surface area contributed by atoms with Gasteiger partial charge in [0.1, 0.15) is 5.82 Å². The van der Waals surface area contributed by atoms with Crippen LogP contribution in [0.1, 0.15) is 49.3 Å². The molecule has 0 fully saturated rings. The number of allylic oxidation sites excluding steroid dienone is 2. The second-order valence-electron chi connectivity index (χ2n) is 10.7. The van der Waals surface area contributed by atoms with Crippen LogP contribution in [-0.2, 0) is 10.5 Å². The number of aromatic nitrogens is 2. The zero-order valence-electron chi connectivity index (χ0n) is 21.7. The number of carbonyl (C=O) groups is 1. The SMILES string of the molecule is CN(C)c1ccc([C@@H]2C3=C(CC(C)(C)CC3=O)Nc3nc(SCc4ccc([N+](=O)[O-])cc4)[nH]c(=O)c32)cc1. The standard InChI is InChI=1S/C28H29N5O4S/c1-28(2)13-20-23(21(34)14-28)22(17-7-11-18(12-8-17)32(3)4)24-25(29-20)30-27(31-26(24)35)38-15-16-5-9-19(10-6-16)33(36)37/h5-12,22H,13-15H2,1-4H3,(H2,29,30,31,35)/t22-/m1/s1. The number of fused-ring (bicyclic) bond motifs is 1. The van der Waals surface area contributed by atoms with Gasteiger partial charge in [-0.3, -0.25) is 19.7 Å². The minimum atomic E-state index is -0.508. The fourth-order valence-corrected chi connectivity index (χ4v) is 5.94. The van der Waals surface area contributed by atoms with Crippen molar-refractivity contribution in [1.82, 2.24) is 9.97 Å². The molecule has 2 aliphatic rings. The molecule has 0 spiro atoms. The normalized spacial score (nSPS) is 17.9. The van der Waals surface area contributed by atoms with E-state index in [9.17, 15) is 19.7 Å². The Kier molecular flexibility index (Phi) is 6.60. The quantitative estimate of drug-likeness (QED) is 0.192. The van der Waals surface area contributed by atoms with Crippen LogP contribution in [0.15, 0.2) is 69.8 Å². The average Bonchev–Trinajstić information content (AvgIpc) is 2.85. The molecule has 2 aromatic carbocycles. The van der Waals surface area contributed by atoms with E-state index in [1.807, 2.05) is 43.3 Å². The molecule has 2 heterocycles. The van der Waals surface area contributed by atoms with E-state index in [0.717, 1.165) is 22.5 Å². The Balaban J connectivity index is 1.53. The van der Waals surface area contributed by atoms with Crippen molar-refractivity contribution in [3.05, 3.63) is 97.0 Å². The van der Waals surface area contributed by atoms with E-state index in [1.165, 1.54) is 23.9 Å². The van der Waals surface area contributed by atoms with E-state index in [0.29, 0.717) is 40.7 Å². The molecule has 2 N–H and O–H groups in total. The third-order valence-electron chi connectivity index (χ3n) is 6.97. The van der Waals surface area contributed by atoms with Gasteiger partial charge in [0.15, 0.2) is 10.9 Å². The van der Waals surface area contributed by atoms with Crippen LogP contribution < -0.4 is 15.8 Å². The Labute approximate surface area is 224 Å². The van der Waals surface area contributed by atoms with Crippen molar-refractivity contribution in [3.8, 4) is 0 Å². The lowest BCUT2D eigenvalue weighted by Crippen LogP contribution is -2.37. The van der Waals surface area contributed by atoms with E-state index >= 15 is 0 Å². The predicted molar refractivity (Wildman–Crippen MR) is 149 cm³/mol. The van der Waals surface area contributed by atoms with Gasteiger partial charge >= 0.3 is 0 Å². The number of ketones is 1. The van der Waals surface area contributed by atoms with E-state index in [2.05, 4.69) is 24.1 Å². The maximum Gasteiger partial charge on any atom is 0.269 e. The highest BCUT2D eigenvalue weighted by atomic mass is 32.2. The Morgan fingerprint density at radius 3 is 2.39 bits per heavy atom. The van der Waals surface area contributed by atoms with E-state index in [1.54, 1.807) is 12.1 Å². The summed E-state index contributed by atoms with van der Waals surface area (Å²) in [6, 6.07) is 14.2. The zero-order chi connectivity index (χ0) is 27.2. The number of H-pyrrole nitrogens is 1. The molecule has 0 amide bonds. The fraction of sp³-hybridized carbons (Fsp3) is 0.321. The van der Waals surface area contributed by atoms with Crippen LogP contribution in [0, 0.1) is 15.5 Å². The monoisotopic (exact) mass is 531 g/mol. The highest BCUT2D eigenvalue weighted by Gasteiger charge is 2.42. The molecule has 196 valence electrons. The molecule has 1 atom stereocenters. The van der Waals surface area contributed by atoms with Crippen molar-refractivity contribution >= 4 is 34.7 Å². The van der Waals surface area contributed by atoms with Crippen LogP contribution in [-0.4, -0.2) is 34.8 Å². The Hall–Kier alpha value is -3.92. The Bertz CT molecular complexity index is 1510. The van der Waals surface area contributed by atoms with Crippen LogP contribution >= 0.6 is 11.8 Å². The van der Waals surface area contributed by atoms with Crippen LogP contribution in [0.3, 0.4) is 0 Å². The number of nitrogens with zero attached hydrogens (tertiary/aromatic N) is 3. The maximum absolute atomic E-state index is 13.5. The van der Waals surface area contributed by atoms with Gasteiger partial charge in [0, 0.05) is 61.3 Å². The van der Waals surface area contributed by atoms with Gasteiger partial charge in [-0.05, 0) is 35.1 Å². The Morgan fingerprint density at radius 2 is 1.76 bits per heavy atom. The van der Waals surface area contributed by atoms with Gasteiger partial charge in [-0.15, -0.1) is 0 Å². The summed E-state index contributed by atoms with van der Waals surface area (Å²) in [6.07, 6.45) is 1.10. The summed E-state index contributed by atoms with van der Waals surface area (Å²) < 4.78 is 0. The summed E-state index contributed by atoms with van der Waals surface area (Å²) in [5.41, 5.74) is 4.22. The zero-order valence-corrected chi connectivity index (χ0v) is 22.5. The maximum atomic E-state index is 13.5.